The smallest absolute Gasteiger partial charge is 0.224 e. The van der Waals surface area contributed by atoms with E-state index in [1.54, 1.807) is 18.2 Å². The summed E-state index contributed by atoms with van der Waals surface area (Å²) in [5.74, 6) is 1.93. The standard InChI is InChI=1S/C18H23Cl2N5/c1-25(2)9-3-8-21-18-23-15(12-4-5-12)11-17(24-18)22-16-10-13(19)6-7-14(16)20/h6-7,10-12H,3-5,8-9H2,1-2H3,(H2,21,22,23,24). The second-order valence-electron chi connectivity index (χ2n) is 6.61. The fourth-order valence-electron chi connectivity index (χ4n) is 2.52. The summed E-state index contributed by atoms with van der Waals surface area (Å²) in [6.45, 7) is 1.86. The van der Waals surface area contributed by atoms with Gasteiger partial charge < -0.3 is 15.5 Å². The molecule has 0 radical (unpaired) electrons. The Morgan fingerprint density at radius 2 is 1.96 bits per heavy atom. The summed E-state index contributed by atoms with van der Waals surface area (Å²) in [5.41, 5.74) is 1.82. The van der Waals surface area contributed by atoms with Crippen LogP contribution in [0.3, 0.4) is 0 Å². The van der Waals surface area contributed by atoms with E-state index in [0.717, 1.165) is 36.7 Å². The van der Waals surface area contributed by atoms with Crippen LogP contribution in [0.5, 0.6) is 0 Å². The van der Waals surface area contributed by atoms with Crippen molar-refractivity contribution in [2.24, 2.45) is 0 Å². The van der Waals surface area contributed by atoms with Crippen LogP contribution >= 0.6 is 23.2 Å². The largest absolute Gasteiger partial charge is 0.354 e. The van der Waals surface area contributed by atoms with Crippen LogP contribution < -0.4 is 10.6 Å². The Hall–Kier alpha value is -1.56. The Kier molecular flexibility index (Phi) is 5.99. The van der Waals surface area contributed by atoms with Crippen molar-refractivity contribution in [1.29, 1.82) is 0 Å². The van der Waals surface area contributed by atoms with E-state index < -0.39 is 0 Å². The molecule has 1 aromatic heterocycles. The second kappa shape index (κ2) is 8.21. The van der Waals surface area contributed by atoms with E-state index in [0.29, 0.717) is 21.9 Å². The average Bonchev–Trinajstić information content (AvgIpc) is 3.40. The number of nitrogens with zero attached hydrogens (tertiary/aromatic N) is 3. The fourth-order valence-corrected chi connectivity index (χ4v) is 2.86. The van der Waals surface area contributed by atoms with Gasteiger partial charge in [-0.15, -0.1) is 0 Å². The summed E-state index contributed by atoms with van der Waals surface area (Å²) >= 11 is 12.3. The van der Waals surface area contributed by atoms with Gasteiger partial charge in [-0.25, -0.2) is 4.98 Å². The number of hydrogen-bond acceptors (Lipinski definition) is 5. The molecular formula is C18H23Cl2N5. The summed E-state index contributed by atoms with van der Waals surface area (Å²) in [7, 11) is 4.14. The zero-order valence-corrected chi connectivity index (χ0v) is 16.0. The van der Waals surface area contributed by atoms with Crippen LogP contribution in [-0.4, -0.2) is 42.1 Å². The second-order valence-corrected chi connectivity index (χ2v) is 7.45. The molecule has 1 aromatic carbocycles. The summed E-state index contributed by atoms with van der Waals surface area (Å²) in [6.07, 6.45) is 3.41. The maximum Gasteiger partial charge on any atom is 0.224 e. The first-order chi connectivity index (χ1) is 12.0. The van der Waals surface area contributed by atoms with Crippen molar-refractivity contribution in [1.82, 2.24) is 14.9 Å². The Morgan fingerprint density at radius 1 is 1.16 bits per heavy atom. The lowest BCUT2D eigenvalue weighted by molar-refractivity contribution is 0.405. The van der Waals surface area contributed by atoms with Crippen LogP contribution in [0.15, 0.2) is 24.3 Å². The number of hydrogen-bond donors (Lipinski definition) is 2. The van der Waals surface area contributed by atoms with Crippen LogP contribution in [0, 0.1) is 0 Å². The number of nitrogens with one attached hydrogen (secondary N) is 2. The lowest BCUT2D eigenvalue weighted by atomic mass is 10.2. The minimum atomic E-state index is 0.542. The Balaban J connectivity index is 1.75. The van der Waals surface area contributed by atoms with Crippen LogP contribution in [0.2, 0.25) is 10.0 Å². The molecule has 1 heterocycles. The lowest BCUT2D eigenvalue weighted by Crippen LogP contribution is -2.17. The number of rotatable bonds is 8. The van der Waals surface area contributed by atoms with E-state index in [1.807, 2.05) is 6.07 Å². The van der Waals surface area contributed by atoms with E-state index in [4.69, 9.17) is 23.2 Å². The molecule has 0 amide bonds. The minimum absolute atomic E-state index is 0.542. The first-order valence-corrected chi connectivity index (χ1v) is 9.26. The van der Waals surface area contributed by atoms with Gasteiger partial charge in [0.2, 0.25) is 5.95 Å². The molecule has 0 atom stereocenters. The molecule has 1 aliphatic rings. The van der Waals surface area contributed by atoms with E-state index >= 15 is 0 Å². The molecule has 25 heavy (non-hydrogen) atoms. The van der Waals surface area contributed by atoms with Gasteiger partial charge in [-0.2, -0.15) is 4.98 Å². The van der Waals surface area contributed by atoms with Crippen molar-refractivity contribution in [3.63, 3.8) is 0 Å². The lowest BCUT2D eigenvalue weighted by Gasteiger charge is -2.13. The Labute approximate surface area is 158 Å². The topological polar surface area (TPSA) is 53.1 Å². The maximum absolute atomic E-state index is 6.25. The van der Waals surface area contributed by atoms with Gasteiger partial charge in [-0.3, -0.25) is 0 Å². The van der Waals surface area contributed by atoms with Crippen molar-refractivity contribution in [2.45, 2.75) is 25.2 Å². The predicted octanol–water partition coefficient (Wildman–Crippen LogP) is 4.77. The van der Waals surface area contributed by atoms with E-state index in [9.17, 15) is 0 Å². The Bertz CT molecular complexity index is 731. The molecule has 2 aromatic rings. The number of anilines is 3. The van der Waals surface area contributed by atoms with E-state index in [2.05, 4.69) is 39.6 Å². The minimum Gasteiger partial charge on any atom is -0.354 e. The SMILES string of the molecule is CN(C)CCCNc1nc(Nc2cc(Cl)ccc2Cl)cc(C2CC2)n1. The van der Waals surface area contributed by atoms with E-state index in [-0.39, 0.29) is 0 Å². The number of aromatic nitrogens is 2. The quantitative estimate of drug-likeness (QED) is 0.647. The van der Waals surface area contributed by atoms with Gasteiger partial charge in [-0.1, -0.05) is 23.2 Å². The Morgan fingerprint density at radius 3 is 2.68 bits per heavy atom. The van der Waals surface area contributed by atoms with Gasteiger partial charge >= 0.3 is 0 Å². The molecule has 0 unspecified atom stereocenters. The molecule has 0 aliphatic heterocycles. The molecule has 3 rings (SSSR count). The maximum atomic E-state index is 6.25. The molecule has 1 saturated carbocycles. The summed E-state index contributed by atoms with van der Waals surface area (Å²) in [5, 5.41) is 7.83. The summed E-state index contributed by atoms with van der Waals surface area (Å²) < 4.78 is 0. The molecule has 2 N–H and O–H groups in total. The third kappa shape index (κ3) is 5.46. The van der Waals surface area contributed by atoms with Crippen molar-refractivity contribution >= 4 is 40.7 Å². The van der Waals surface area contributed by atoms with Gasteiger partial charge in [0.25, 0.3) is 0 Å². The zero-order valence-electron chi connectivity index (χ0n) is 14.5. The van der Waals surface area contributed by atoms with Gasteiger partial charge in [0.1, 0.15) is 5.82 Å². The van der Waals surface area contributed by atoms with Gasteiger partial charge in [0.05, 0.1) is 16.4 Å². The monoisotopic (exact) mass is 379 g/mol. The van der Waals surface area contributed by atoms with Gasteiger partial charge in [-0.05, 0) is 58.1 Å². The van der Waals surface area contributed by atoms with Gasteiger partial charge in [0, 0.05) is 23.6 Å². The zero-order chi connectivity index (χ0) is 17.8. The molecule has 1 aliphatic carbocycles. The van der Waals surface area contributed by atoms with E-state index in [1.165, 1.54) is 12.8 Å². The van der Waals surface area contributed by atoms with Crippen molar-refractivity contribution < 1.29 is 0 Å². The first-order valence-electron chi connectivity index (χ1n) is 8.51. The molecule has 134 valence electrons. The molecule has 0 spiro atoms. The summed E-state index contributed by atoms with van der Waals surface area (Å²) in [4.78, 5) is 11.4. The van der Waals surface area contributed by atoms with Gasteiger partial charge in [0.15, 0.2) is 0 Å². The third-order valence-corrected chi connectivity index (χ3v) is 4.56. The third-order valence-electron chi connectivity index (χ3n) is 4.00. The van der Waals surface area contributed by atoms with Crippen molar-refractivity contribution in [2.75, 3.05) is 37.8 Å². The summed E-state index contributed by atoms with van der Waals surface area (Å²) in [6, 6.07) is 7.34. The molecule has 1 fully saturated rings. The highest BCUT2D eigenvalue weighted by molar-refractivity contribution is 6.35. The number of halogens is 2. The van der Waals surface area contributed by atoms with Crippen LogP contribution in [0.4, 0.5) is 17.5 Å². The van der Waals surface area contributed by atoms with Crippen LogP contribution in [0.1, 0.15) is 30.9 Å². The highest BCUT2D eigenvalue weighted by Crippen LogP contribution is 2.40. The molecule has 0 bridgehead atoms. The molecule has 5 nitrogen and oxygen atoms in total. The molecule has 0 saturated heterocycles. The average molecular weight is 380 g/mol. The van der Waals surface area contributed by atoms with Crippen LogP contribution in [-0.2, 0) is 0 Å². The molecular weight excluding hydrogens is 357 g/mol. The number of benzene rings is 1. The highest BCUT2D eigenvalue weighted by Gasteiger charge is 2.26. The first kappa shape index (κ1) is 18.2. The normalized spacial score (nSPS) is 14.0. The highest BCUT2D eigenvalue weighted by atomic mass is 35.5. The van der Waals surface area contributed by atoms with Crippen molar-refractivity contribution in [3.05, 3.63) is 40.0 Å². The fraction of sp³-hybridized carbons (Fsp3) is 0.444. The van der Waals surface area contributed by atoms with Crippen molar-refractivity contribution in [3.8, 4) is 0 Å². The predicted molar refractivity (Wildman–Crippen MR) is 105 cm³/mol. The van der Waals surface area contributed by atoms with Crippen LogP contribution in [0.25, 0.3) is 0 Å². The molecule has 7 heteroatoms.